The fraction of sp³-hybridized carbons (Fsp3) is 0.500. The third-order valence-corrected chi connectivity index (χ3v) is 6.13. The van der Waals surface area contributed by atoms with Gasteiger partial charge < -0.3 is 10.1 Å². The molecule has 3 rings (SSSR count). The Morgan fingerprint density at radius 3 is 2.26 bits per heavy atom. The number of fused-ring (bicyclic) bond motifs is 2. The summed E-state index contributed by atoms with van der Waals surface area (Å²) in [4.78, 5) is 37.7. The van der Waals surface area contributed by atoms with E-state index in [4.69, 9.17) is 4.74 Å². The van der Waals surface area contributed by atoms with Crippen molar-refractivity contribution in [2.24, 2.45) is 16.2 Å². The van der Waals surface area contributed by atoms with Crippen LogP contribution in [-0.2, 0) is 19.1 Å². The molecule has 2 fully saturated rings. The van der Waals surface area contributed by atoms with Gasteiger partial charge in [0.2, 0.25) is 5.91 Å². The number of cyclic esters (lactones) is 2. The molecule has 23 heavy (non-hydrogen) atoms. The van der Waals surface area contributed by atoms with E-state index in [0.717, 1.165) is 5.56 Å². The second-order valence-corrected chi connectivity index (χ2v) is 7.36. The molecule has 1 saturated carbocycles. The Morgan fingerprint density at radius 1 is 1.04 bits per heavy atom. The molecule has 5 heteroatoms. The van der Waals surface area contributed by atoms with E-state index in [1.54, 1.807) is 19.1 Å². The standard InChI is InChI=1S/C18H21NO4/c1-11-5-7-12(8-6-11)19-13(20)18-10-9-17(4,16(18,2)3)14(21)23-15(18)22/h5-8H,9-10H2,1-4H3,(H,19,20). The fourth-order valence-electron chi connectivity index (χ4n) is 3.90. The van der Waals surface area contributed by atoms with Crippen LogP contribution in [0, 0.1) is 23.2 Å². The second kappa shape index (κ2) is 4.66. The normalized spacial score (nSPS) is 31.7. The number of hydrogen-bond donors (Lipinski definition) is 1. The van der Waals surface area contributed by atoms with E-state index in [1.807, 2.05) is 32.9 Å². The van der Waals surface area contributed by atoms with Gasteiger partial charge in [0.05, 0.1) is 5.41 Å². The summed E-state index contributed by atoms with van der Waals surface area (Å²) < 4.78 is 4.95. The third kappa shape index (κ3) is 1.82. The Hall–Kier alpha value is -2.17. The van der Waals surface area contributed by atoms with Gasteiger partial charge in [-0.05, 0) is 38.8 Å². The summed E-state index contributed by atoms with van der Waals surface area (Å²) in [5.41, 5.74) is -1.26. The van der Waals surface area contributed by atoms with Crippen LogP contribution in [-0.4, -0.2) is 17.8 Å². The zero-order valence-electron chi connectivity index (χ0n) is 13.9. The van der Waals surface area contributed by atoms with Crippen LogP contribution in [0.15, 0.2) is 24.3 Å². The molecule has 2 atom stereocenters. The molecule has 2 bridgehead atoms. The van der Waals surface area contributed by atoms with E-state index >= 15 is 0 Å². The van der Waals surface area contributed by atoms with Crippen molar-refractivity contribution in [3.63, 3.8) is 0 Å². The van der Waals surface area contributed by atoms with Crippen molar-refractivity contribution in [2.75, 3.05) is 5.32 Å². The van der Waals surface area contributed by atoms with Crippen LogP contribution in [0.4, 0.5) is 5.69 Å². The van der Waals surface area contributed by atoms with Gasteiger partial charge in [0.25, 0.3) is 0 Å². The lowest BCUT2D eigenvalue weighted by Crippen LogP contribution is -2.60. The molecule has 5 nitrogen and oxygen atoms in total. The maximum absolute atomic E-state index is 13.0. The van der Waals surface area contributed by atoms with Crippen molar-refractivity contribution >= 4 is 23.5 Å². The van der Waals surface area contributed by atoms with Gasteiger partial charge in [-0.3, -0.25) is 14.4 Å². The second-order valence-electron chi connectivity index (χ2n) is 7.36. The van der Waals surface area contributed by atoms with Crippen LogP contribution in [0.25, 0.3) is 0 Å². The van der Waals surface area contributed by atoms with Crippen molar-refractivity contribution in [1.82, 2.24) is 0 Å². The summed E-state index contributed by atoms with van der Waals surface area (Å²) in [6.07, 6.45) is 0.782. The van der Waals surface area contributed by atoms with Crippen LogP contribution in [0.2, 0.25) is 0 Å². The average molecular weight is 315 g/mol. The molecule has 122 valence electrons. The number of esters is 2. The molecular formula is C18H21NO4. The monoisotopic (exact) mass is 315 g/mol. The van der Waals surface area contributed by atoms with Gasteiger partial charge in [-0.25, -0.2) is 0 Å². The van der Waals surface area contributed by atoms with Gasteiger partial charge >= 0.3 is 11.9 Å². The quantitative estimate of drug-likeness (QED) is 0.673. The molecule has 1 N–H and O–H groups in total. The van der Waals surface area contributed by atoms with Gasteiger partial charge in [0, 0.05) is 11.1 Å². The molecule has 1 aliphatic heterocycles. The first kappa shape index (κ1) is 15.7. The number of amides is 1. The third-order valence-electron chi connectivity index (χ3n) is 6.13. The predicted molar refractivity (Wildman–Crippen MR) is 84.5 cm³/mol. The molecule has 0 spiro atoms. The summed E-state index contributed by atoms with van der Waals surface area (Å²) in [6.45, 7) is 7.36. The van der Waals surface area contributed by atoms with Crippen molar-refractivity contribution in [3.05, 3.63) is 29.8 Å². The molecule has 1 heterocycles. The van der Waals surface area contributed by atoms with Crippen molar-refractivity contribution in [3.8, 4) is 0 Å². The number of hydrogen-bond acceptors (Lipinski definition) is 4. The molecule has 1 amide bonds. The van der Waals surface area contributed by atoms with Gasteiger partial charge in [-0.1, -0.05) is 31.5 Å². The molecule has 0 aromatic heterocycles. The molecule has 1 aromatic carbocycles. The number of carbonyl (C=O) groups is 3. The van der Waals surface area contributed by atoms with Crippen LogP contribution in [0.1, 0.15) is 39.2 Å². The number of rotatable bonds is 2. The van der Waals surface area contributed by atoms with E-state index in [9.17, 15) is 14.4 Å². The smallest absolute Gasteiger partial charge is 0.329 e. The topological polar surface area (TPSA) is 72.5 Å². The average Bonchev–Trinajstić information content (AvgIpc) is 2.63. The summed E-state index contributed by atoms with van der Waals surface area (Å²) in [7, 11) is 0. The SMILES string of the molecule is Cc1ccc(NC(=O)C23CCC(C)(C(=O)OC2=O)C3(C)C)cc1. The van der Waals surface area contributed by atoms with Crippen LogP contribution in [0.3, 0.4) is 0 Å². The predicted octanol–water partition coefficient (Wildman–Crippen LogP) is 2.83. The maximum Gasteiger partial charge on any atom is 0.329 e. The number of carbonyl (C=O) groups excluding carboxylic acids is 3. The highest BCUT2D eigenvalue weighted by atomic mass is 16.6. The van der Waals surface area contributed by atoms with E-state index in [-0.39, 0.29) is 0 Å². The molecule has 1 aliphatic carbocycles. The van der Waals surface area contributed by atoms with E-state index in [2.05, 4.69) is 5.32 Å². The molecule has 0 radical (unpaired) electrons. The zero-order valence-corrected chi connectivity index (χ0v) is 13.9. The summed E-state index contributed by atoms with van der Waals surface area (Å²) in [5.74, 6) is -1.65. The lowest BCUT2D eigenvalue weighted by atomic mass is 9.57. The largest absolute Gasteiger partial charge is 0.392 e. The van der Waals surface area contributed by atoms with E-state index < -0.39 is 34.1 Å². The Bertz CT molecular complexity index is 706. The van der Waals surface area contributed by atoms with Crippen LogP contribution >= 0.6 is 0 Å². The Balaban J connectivity index is 1.99. The minimum Gasteiger partial charge on any atom is -0.392 e. The summed E-state index contributed by atoms with van der Waals surface area (Å²) in [6, 6.07) is 7.37. The highest BCUT2D eigenvalue weighted by Crippen LogP contribution is 2.66. The van der Waals surface area contributed by atoms with Gasteiger partial charge in [0.1, 0.15) is 0 Å². The Morgan fingerprint density at radius 2 is 1.65 bits per heavy atom. The molecule has 2 aliphatic rings. The molecule has 2 unspecified atom stereocenters. The number of benzene rings is 1. The van der Waals surface area contributed by atoms with Crippen LogP contribution in [0.5, 0.6) is 0 Å². The first-order valence-corrected chi connectivity index (χ1v) is 7.80. The van der Waals surface area contributed by atoms with Crippen molar-refractivity contribution in [1.29, 1.82) is 0 Å². The van der Waals surface area contributed by atoms with E-state index in [0.29, 0.717) is 18.5 Å². The molecule has 1 saturated heterocycles. The van der Waals surface area contributed by atoms with Crippen molar-refractivity contribution < 1.29 is 19.1 Å². The lowest BCUT2D eigenvalue weighted by Gasteiger charge is -2.48. The molecular weight excluding hydrogens is 294 g/mol. The fourth-order valence-corrected chi connectivity index (χ4v) is 3.90. The van der Waals surface area contributed by atoms with E-state index in [1.165, 1.54) is 0 Å². The Labute approximate surface area is 135 Å². The highest BCUT2D eigenvalue weighted by Gasteiger charge is 2.75. The number of nitrogens with one attached hydrogen (secondary N) is 1. The maximum atomic E-state index is 13.0. The highest BCUT2D eigenvalue weighted by molar-refractivity contribution is 6.15. The minimum absolute atomic E-state index is 0.318. The number of anilines is 1. The zero-order chi connectivity index (χ0) is 17.0. The summed E-state index contributed by atoms with van der Waals surface area (Å²) >= 11 is 0. The first-order valence-electron chi connectivity index (χ1n) is 7.80. The number of aryl methyl sites for hydroxylation is 1. The minimum atomic E-state index is -1.33. The van der Waals surface area contributed by atoms with Gasteiger partial charge in [0.15, 0.2) is 5.41 Å². The van der Waals surface area contributed by atoms with Crippen molar-refractivity contribution in [2.45, 2.75) is 40.5 Å². The van der Waals surface area contributed by atoms with Gasteiger partial charge in [-0.2, -0.15) is 0 Å². The van der Waals surface area contributed by atoms with Crippen LogP contribution < -0.4 is 5.32 Å². The van der Waals surface area contributed by atoms with Gasteiger partial charge in [-0.15, -0.1) is 0 Å². The first-order chi connectivity index (χ1) is 10.6. The summed E-state index contributed by atoms with van der Waals surface area (Å²) in [5, 5.41) is 2.82. The molecule has 1 aromatic rings. The Kier molecular flexibility index (Phi) is 3.19. The number of ether oxygens (including phenoxy) is 1. The lowest BCUT2D eigenvalue weighted by molar-refractivity contribution is -0.195.